The molecule has 0 aliphatic carbocycles. The van der Waals surface area contributed by atoms with Crippen molar-refractivity contribution in [2.45, 2.75) is 43.5 Å². The second-order valence-corrected chi connectivity index (χ2v) is 7.44. The highest BCUT2D eigenvalue weighted by atomic mass is 35.5. The molecule has 1 fully saturated rings. The van der Waals surface area contributed by atoms with E-state index in [9.17, 15) is 34.3 Å². The zero-order valence-corrected chi connectivity index (χ0v) is 16.1. The topological polar surface area (TPSA) is 110 Å². The molecule has 6 atom stereocenters. The molecule has 0 spiro atoms. The molecule has 2 aromatic carbocycles. The lowest BCUT2D eigenvalue weighted by Crippen LogP contribution is -2.59. The van der Waals surface area contributed by atoms with Crippen molar-refractivity contribution in [2.24, 2.45) is 0 Å². The average molecular weight is 431 g/mol. The third-order valence-electron chi connectivity index (χ3n) is 5.15. The lowest BCUT2D eigenvalue weighted by Gasteiger charge is -2.42. The van der Waals surface area contributed by atoms with Crippen molar-refractivity contribution < 1.29 is 39.1 Å². The van der Waals surface area contributed by atoms with Crippen LogP contribution in [-0.4, -0.2) is 62.7 Å². The van der Waals surface area contributed by atoms with E-state index < -0.39 is 59.9 Å². The molecule has 29 heavy (non-hydrogen) atoms. The molecule has 0 radical (unpaired) electrons. The van der Waals surface area contributed by atoms with E-state index in [1.54, 1.807) is 13.0 Å². The minimum atomic E-state index is -1.61. The van der Waals surface area contributed by atoms with Crippen LogP contribution in [0.4, 0.5) is 8.78 Å². The molecular formula is C20H21ClF2O6. The van der Waals surface area contributed by atoms with E-state index in [4.69, 9.17) is 16.3 Å². The maximum absolute atomic E-state index is 13.7. The van der Waals surface area contributed by atoms with Gasteiger partial charge >= 0.3 is 0 Å². The lowest BCUT2D eigenvalue weighted by molar-refractivity contribution is -0.250. The molecule has 2 aromatic rings. The van der Waals surface area contributed by atoms with Crippen molar-refractivity contribution in [1.29, 1.82) is 0 Å². The fraction of sp³-hybridized carbons (Fsp3) is 0.400. The molecule has 1 heterocycles. The molecule has 1 saturated heterocycles. The predicted octanol–water partition coefficient (Wildman–Crippen LogP) is 1.47. The van der Waals surface area contributed by atoms with Crippen molar-refractivity contribution in [1.82, 2.24) is 0 Å². The Bertz CT molecular complexity index is 870. The van der Waals surface area contributed by atoms with Crippen LogP contribution in [-0.2, 0) is 4.74 Å². The number of aliphatic hydroxyl groups excluding tert-OH is 5. The van der Waals surface area contributed by atoms with E-state index in [1.807, 2.05) is 0 Å². The normalized spacial score (nSPS) is 28.4. The molecule has 9 heteroatoms. The summed E-state index contributed by atoms with van der Waals surface area (Å²) in [4.78, 5) is 0. The summed E-state index contributed by atoms with van der Waals surface area (Å²) in [6.45, 7) is 1.04. The van der Waals surface area contributed by atoms with Crippen LogP contribution in [0.15, 0.2) is 30.3 Å². The Kier molecular flexibility index (Phi) is 6.54. The fourth-order valence-corrected chi connectivity index (χ4v) is 3.59. The van der Waals surface area contributed by atoms with Crippen molar-refractivity contribution in [3.63, 3.8) is 0 Å². The Morgan fingerprint density at radius 1 is 1.00 bits per heavy atom. The number of rotatable bonds is 4. The third-order valence-corrected chi connectivity index (χ3v) is 5.51. The van der Waals surface area contributed by atoms with Gasteiger partial charge in [0.25, 0.3) is 0 Å². The Hall–Kier alpha value is -1.65. The quantitative estimate of drug-likeness (QED) is 0.470. The molecular weight excluding hydrogens is 410 g/mol. The highest BCUT2D eigenvalue weighted by Crippen LogP contribution is 2.34. The first-order chi connectivity index (χ1) is 13.6. The van der Waals surface area contributed by atoms with Crippen molar-refractivity contribution in [3.05, 3.63) is 58.1 Å². The fourth-order valence-electron chi connectivity index (χ4n) is 3.48. The van der Waals surface area contributed by atoms with Gasteiger partial charge in [0.2, 0.25) is 0 Å². The van der Waals surface area contributed by atoms with Crippen molar-refractivity contribution in [2.75, 3.05) is 6.61 Å². The summed E-state index contributed by atoms with van der Waals surface area (Å²) in [6, 6.07) is 6.80. The van der Waals surface area contributed by atoms with Gasteiger partial charge in [0.15, 0.2) is 0 Å². The summed E-state index contributed by atoms with van der Waals surface area (Å²) in [7, 11) is 0. The molecule has 5 N–H and O–H groups in total. The number of benzene rings is 2. The van der Waals surface area contributed by atoms with Gasteiger partial charge in [-0.25, -0.2) is 8.78 Å². The monoisotopic (exact) mass is 430 g/mol. The molecule has 1 aliphatic rings. The van der Waals surface area contributed by atoms with Crippen LogP contribution in [0, 0.1) is 18.6 Å². The van der Waals surface area contributed by atoms with Gasteiger partial charge in [-0.2, -0.15) is 0 Å². The van der Waals surface area contributed by atoms with Gasteiger partial charge in [-0.05, 0) is 41.3 Å². The smallest absolute Gasteiger partial charge is 0.145 e. The summed E-state index contributed by atoms with van der Waals surface area (Å²) >= 11 is 5.50. The minimum Gasteiger partial charge on any atom is -0.394 e. The summed E-state index contributed by atoms with van der Waals surface area (Å²) < 4.78 is 32.9. The first-order valence-corrected chi connectivity index (χ1v) is 9.27. The van der Waals surface area contributed by atoms with Gasteiger partial charge in [-0.15, -0.1) is 0 Å². The molecule has 0 saturated carbocycles. The van der Waals surface area contributed by atoms with Crippen LogP contribution in [0.5, 0.6) is 0 Å². The van der Waals surface area contributed by atoms with E-state index in [-0.39, 0.29) is 5.56 Å². The lowest BCUT2D eigenvalue weighted by atomic mass is 9.88. The molecule has 0 unspecified atom stereocenters. The number of aliphatic hydroxyl groups is 5. The van der Waals surface area contributed by atoms with Crippen LogP contribution >= 0.6 is 11.6 Å². The van der Waals surface area contributed by atoms with Gasteiger partial charge in [0.1, 0.15) is 53.3 Å². The Morgan fingerprint density at radius 2 is 1.62 bits per heavy atom. The Labute approximate surface area is 170 Å². The van der Waals surface area contributed by atoms with E-state index >= 15 is 0 Å². The van der Waals surface area contributed by atoms with E-state index in [0.717, 1.165) is 12.1 Å². The van der Waals surface area contributed by atoms with Gasteiger partial charge < -0.3 is 30.3 Å². The van der Waals surface area contributed by atoms with Crippen LogP contribution < -0.4 is 0 Å². The predicted molar refractivity (Wildman–Crippen MR) is 100 cm³/mol. The van der Waals surface area contributed by atoms with Crippen molar-refractivity contribution in [3.8, 4) is 11.1 Å². The summed E-state index contributed by atoms with van der Waals surface area (Å²) in [5.74, 6) is -1.80. The van der Waals surface area contributed by atoms with E-state index in [0.29, 0.717) is 16.7 Å². The maximum atomic E-state index is 13.7. The highest BCUT2D eigenvalue weighted by Gasteiger charge is 2.46. The first kappa shape index (κ1) is 22.0. The molecule has 6 nitrogen and oxygen atoms in total. The van der Waals surface area contributed by atoms with Crippen LogP contribution in [0.1, 0.15) is 17.2 Å². The third kappa shape index (κ3) is 4.15. The largest absolute Gasteiger partial charge is 0.394 e. The van der Waals surface area contributed by atoms with Gasteiger partial charge in [-0.1, -0.05) is 29.8 Å². The van der Waals surface area contributed by atoms with E-state index in [1.165, 1.54) is 12.1 Å². The molecule has 0 amide bonds. The van der Waals surface area contributed by atoms with Gasteiger partial charge in [-0.3, -0.25) is 0 Å². The average Bonchev–Trinajstić information content (AvgIpc) is 2.69. The summed E-state index contributed by atoms with van der Waals surface area (Å²) in [5, 5.41) is 49.4. The summed E-state index contributed by atoms with van der Waals surface area (Å²) in [5.41, 5.74) is 1.60. The summed E-state index contributed by atoms with van der Waals surface area (Å²) in [6.07, 6.45) is -8.58. The Balaban J connectivity index is 1.90. The molecule has 1 aliphatic heterocycles. The first-order valence-electron chi connectivity index (χ1n) is 8.89. The molecule has 158 valence electrons. The van der Waals surface area contributed by atoms with Crippen LogP contribution in [0.3, 0.4) is 0 Å². The molecule has 3 rings (SSSR count). The zero-order chi connectivity index (χ0) is 21.5. The number of ether oxygens (including phenoxy) is 1. The maximum Gasteiger partial charge on any atom is 0.145 e. The second kappa shape index (κ2) is 8.61. The molecule has 0 bridgehead atoms. The Morgan fingerprint density at radius 3 is 2.17 bits per heavy atom. The number of hydrogen-bond acceptors (Lipinski definition) is 6. The van der Waals surface area contributed by atoms with Gasteiger partial charge in [0.05, 0.1) is 6.61 Å². The number of halogens is 3. The zero-order valence-electron chi connectivity index (χ0n) is 15.3. The second-order valence-electron chi connectivity index (χ2n) is 7.06. The van der Waals surface area contributed by atoms with Crippen molar-refractivity contribution >= 4 is 11.6 Å². The minimum absolute atomic E-state index is 0.251. The van der Waals surface area contributed by atoms with E-state index in [2.05, 4.69) is 0 Å². The van der Waals surface area contributed by atoms with Crippen LogP contribution in [0.25, 0.3) is 11.1 Å². The van der Waals surface area contributed by atoms with Gasteiger partial charge in [0, 0.05) is 0 Å². The van der Waals surface area contributed by atoms with Crippen LogP contribution in [0.2, 0.25) is 5.02 Å². The number of aryl methyl sites for hydroxylation is 1. The highest BCUT2D eigenvalue weighted by molar-refractivity contribution is 6.31. The molecule has 0 aromatic heterocycles. The number of hydrogen-bond donors (Lipinski definition) is 5. The SMILES string of the molecule is Cc1cc(-c2cc(F)c(Cl)c(F)c2)ccc1[C@@H](O)[C@H]1O[C@H](CO)[C@@H](O)[C@H](O)[C@@H]1O. The standard InChI is InChI=1S/C20H21ClF2O6/c1-8-4-9(10-5-12(22)15(21)13(23)6-10)2-3-11(8)16(25)20-19(28)18(27)17(26)14(7-24)29-20/h2-6,14,16-20,24-28H,7H2,1H3/t14-,16-,17-,18+,19+,20-/m1/s1.